The molecule has 2 aromatic rings. The molecule has 0 radical (unpaired) electrons. The SMILES string of the molecule is CCNC(Cc1c(Br)c(C)nn1CC)c1scnc1C. The summed E-state index contributed by atoms with van der Waals surface area (Å²) in [7, 11) is 0. The van der Waals surface area contributed by atoms with Crippen LogP contribution in [0, 0.1) is 13.8 Å². The van der Waals surface area contributed by atoms with Crippen LogP contribution in [-0.4, -0.2) is 21.3 Å². The Morgan fingerprint density at radius 3 is 2.65 bits per heavy atom. The Kier molecular flexibility index (Phi) is 5.35. The van der Waals surface area contributed by atoms with Gasteiger partial charge in [0.2, 0.25) is 0 Å². The monoisotopic (exact) mass is 356 g/mol. The first kappa shape index (κ1) is 15.7. The molecular formula is C14H21BrN4S. The lowest BCUT2D eigenvalue weighted by Crippen LogP contribution is -2.24. The van der Waals surface area contributed by atoms with Crippen molar-refractivity contribution >= 4 is 27.3 Å². The highest BCUT2D eigenvalue weighted by Crippen LogP contribution is 2.29. The second-order valence-corrected chi connectivity index (χ2v) is 6.46. The molecule has 1 N–H and O–H groups in total. The van der Waals surface area contributed by atoms with Gasteiger partial charge in [-0.05, 0) is 43.2 Å². The highest BCUT2D eigenvalue weighted by molar-refractivity contribution is 9.10. The Morgan fingerprint density at radius 2 is 2.10 bits per heavy atom. The maximum Gasteiger partial charge on any atom is 0.0798 e. The summed E-state index contributed by atoms with van der Waals surface area (Å²) in [5, 5.41) is 8.15. The van der Waals surface area contributed by atoms with Crippen LogP contribution >= 0.6 is 27.3 Å². The lowest BCUT2D eigenvalue weighted by Gasteiger charge is -2.18. The molecule has 20 heavy (non-hydrogen) atoms. The Bertz CT molecular complexity index is 576. The van der Waals surface area contributed by atoms with Crippen molar-refractivity contribution in [1.82, 2.24) is 20.1 Å². The van der Waals surface area contributed by atoms with E-state index in [2.05, 4.69) is 56.8 Å². The summed E-state index contributed by atoms with van der Waals surface area (Å²) in [4.78, 5) is 5.70. The maximum absolute atomic E-state index is 4.58. The number of aryl methyl sites for hydroxylation is 3. The van der Waals surface area contributed by atoms with Gasteiger partial charge < -0.3 is 5.32 Å². The first-order valence-electron chi connectivity index (χ1n) is 6.93. The van der Waals surface area contributed by atoms with Crippen molar-refractivity contribution in [3.8, 4) is 0 Å². The molecule has 4 nitrogen and oxygen atoms in total. The summed E-state index contributed by atoms with van der Waals surface area (Å²) in [5.74, 6) is 0. The van der Waals surface area contributed by atoms with Crippen molar-refractivity contribution < 1.29 is 0 Å². The molecular weight excluding hydrogens is 336 g/mol. The molecule has 0 aromatic carbocycles. The van der Waals surface area contributed by atoms with E-state index in [1.54, 1.807) is 11.3 Å². The zero-order valence-electron chi connectivity index (χ0n) is 12.4. The summed E-state index contributed by atoms with van der Waals surface area (Å²) in [5.41, 5.74) is 5.35. The molecule has 0 spiro atoms. The quantitative estimate of drug-likeness (QED) is 0.859. The van der Waals surface area contributed by atoms with Crippen molar-refractivity contribution in [3.05, 3.63) is 31.9 Å². The van der Waals surface area contributed by atoms with E-state index in [0.29, 0.717) is 6.04 Å². The van der Waals surface area contributed by atoms with Crippen molar-refractivity contribution in [3.63, 3.8) is 0 Å². The molecule has 0 amide bonds. The standard InChI is InChI=1S/C14H21BrN4S/c1-5-16-11(14-10(4)17-8-20-14)7-12-13(15)9(3)18-19(12)6-2/h8,11,16H,5-7H2,1-4H3. The minimum atomic E-state index is 0.296. The minimum Gasteiger partial charge on any atom is -0.309 e. The average Bonchev–Trinajstić information content (AvgIpc) is 2.96. The lowest BCUT2D eigenvalue weighted by atomic mass is 10.1. The predicted octanol–water partition coefficient (Wildman–Crippen LogP) is 3.63. The molecule has 0 saturated heterocycles. The molecule has 0 aliphatic heterocycles. The highest BCUT2D eigenvalue weighted by atomic mass is 79.9. The van der Waals surface area contributed by atoms with Gasteiger partial charge in [0, 0.05) is 23.9 Å². The normalized spacial score (nSPS) is 12.8. The van der Waals surface area contributed by atoms with Crippen LogP contribution in [0.5, 0.6) is 0 Å². The van der Waals surface area contributed by atoms with E-state index < -0.39 is 0 Å². The number of nitrogens with one attached hydrogen (secondary N) is 1. The molecule has 6 heteroatoms. The van der Waals surface area contributed by atoms with Crippen LogP contribution in [0.2, 0.25) is 0 Å². The molecule has 0 aliphatic carbocycles. The highest BCUT2D eigenvalue weighted by Gasteiger charge is 2.21. The van der Waals surface area contributed by atoms with E-state index in [1.165, 1.54) is 10.6 Å². The van der Waals surface area contributed by atoms with Crippen molar-refractivity contribution in [2.45, 2.75) is 46.7 Å². The van der Waals surface area contributed by atoms with E-state index in [0.717, 1.165) is 35.4 Å². The Morgan fingerprint density at radius 1 is 1.35 bits per heavy atom. The first-order valence-corrected chi connectivity index (χ1v) is 8.60. The van der Waals surface area contributed by atoms with Gasteiger partial charge >= 0.3 is 0 Å². The van der Waals surface area contributed by atoms with Crippen molar-refractivity contribution in [2.24, 2.45) is 0 Å². The molecule has 2 aromatic heterocycles. The number of thiazole rings is 1. The second-order valence-electron chi connectivity index (χ2n) is 4.78. The van der Waals surface area contributed by atoms with Crippen LogP contribution in [-0.2, 0) is 13.0 Å². The zero-order valence-corrected chi connectivity index (χ0v) is 14.8. The zero-order chi connectivity index (χ0) is 14.7. The van der Waals surface area contributed by atoms with Gasteiger partial charge in [0.1, 0.15) is 0 Å². The Labute approximate surface area is 132 Å². The van der Waals surface area contributed by atoms with Gasteiger partial charge in [-0.1, -0.05) is 6.92 Å². The molecule has 2 rings (SSSR count). The van der Waals surface area contributed by atoms with Crippen molar-refractivity contribution in [1.29, 1.82) is 0 Å². The van der Waals surface area contributed by atoms with Gasteiger partial charge in [-0.25, -0.2) is 4.98 Å². The second kappa shape index (κ2) is 6.83. The number of aromatic nitrogens is 3. The lowest BCUT2D eigenvalue weighted by molar-refractivity contribution is 0.519. The van der Waals surface area contributed by atoms with Gasteiger partial charge in [0.25, 0.3) is 0 Å². The Hall–Kier alpha value is -0.720. The molecule has 1 atom stereocenters. The molecule has 110 valence electrons. The van der Waals surface area contributed by atoms with E-state index >= 15 is 0 Å². The third kappa shape index (κ3) is 3.13. The summed E-state index contributed by atoms with van der Waals surface area (Å²) in [6.45, 7) is 10.2. The van der Waals surface area contributed by atoms with E-state index in [1.807, 2.05) is 12.4 Å². The number of hydrogen-bond donors (Lipinski definition) is 1. The third-order valence-corrected chi connectivity index (χ3v) is 5.48. The number of rotatable bonds is 6. The van der Waals surface area contributed by atoms with Gasteiger partial charge in [0.15, 0.2) is 0 Å². The van der Waals surface area contributed by atoms with Crippen LogP contribution in [0.15, 0.2) is 9.98 Å². The van der Waals surface area contributed by atoms with Crippen LogP contribution in [0.4, 0.5) is 0 Å². The largest absolute Gasteiger partial charge is 0.309 e. The minimum absolute atomic E-state index is 0.296. The fourth-order valence-corrected chi connectivity index (χ4v) is 3.73. The van der Waals surface area contributed by atoms with Gasteiger partial charge in [-0.2, -0.15) is 5.10 Å². The van der Waals surface area contributed by atoms with Crippen LogP contribution in [0.3, 0.4) is 0 Å². The summed E-state index contributed by atoms with van der Waals surface area (Å²) in [6.07, 6.45) is 0.923. The topological polar surface area (TPSA) is 42.7 Å². The molecule has 2 heterocycles. The van der Waals surface area contributed by atoms with Crippen molar-refractivity contribution in [2.75, 3.05) is 6.54 Å². The number of nitrogens with zero attached hydrogens (tertiary/aromatic N) is 3. The summed E-state index contributed by atoms with van der Waals surface area (Å²) in [6, 6.07) is 0.296. The maximum atomic E-state index is 4.58. The first-order chi connectivity index (χ1) is 9.58. The summed E-state index contributed by atoms with van der Waals surface area (Å²) >= 11 is 5.40. The van der Waals surface area contributed by atoms with E-state index in [9.17, 15) is 0 Å². The number of halogens is 1. The number of likely N-dealkylation sites (N-methyl/N-ethyl adjacent to an activating group) is 1. The molecule has 1 unspecified atom stereocenters. The average molecular weight is 357 g/mol. The van der Waals surface area contributed by atoms with Gasteiger partial charge in [-0.3, -0.25) is 4.68 Å². The molecule has 0 fully saturated rings. The third-order valence-electron chi connectivity index (χ3n) is 3.40. The predicted molar refractivity (Wildman–Crippen MR) is 87.3 cm³/mol. The molecule has 0 bridgehead atoms. The van der Waals surface area contributed by atoms with Gasteiger partial charge in [0.05, 0.1) is 27.1 Å². The van der Waals surface area contributed by atoms with E-state index in [-0.39, 0.29) is 0 Å². The fourth-order valence-electron chi connectivity index (χ4n) is 2.41. The van der Waals surface area contributed by atoms with Gasteiger partial charge in [-0.15, -0.1) is 11.3 Å². The smallest absolute Gasteiger partial charge is 0.0798 e. The molecule has 0 aliphatic rings. The molecule has 0 saturated carbocycles. The summed E-state index contributed by atoms with van der Waals surface area (Å²) < 4.78 is 3.21. The van der Waals surface area contributed by atoms with Crippen LogP contribution < -0.4 is 5.32 Å². The Balaban J connectivity index is 2.31. The van der Waals surface area contributed by atoms with Crippen LogP contribution in [0.1, 0.15) is 41.8 Å². The fraction of sp³-hybridized carbons (Fsp3) is 0.571. The number of hydrogen-bond acceptors (Lipinski definition) is 4. The van der Waals surface area contributed by atoms with E-state index in [4.69, 9.17) is 0 Å². The van der Waals surface area contributed by atoms with Crippen LogP contribution in [0.25, 0.3) is 0 Å².